The molecule has 5 nitrogen and oxygen atoms in total. The minimum atomic E-state index is -0.448. The normalized spacial score (nSPS) is 26.3. The number of likely N-dealkylation sites (tertiary alicyclic amines) is 1. The molecule has 23 heavy (non-hydrogen) atoms. The van der Waals surface area contributed by atoms with E-state index in [-0.39, 0.29) is 17.9 Å². The van der Waals surface area contributed by atoms with Crippen LogP contribution in [0.2, 0.25) is 0 Å². The lowest BCUT2D eigenvalue weighted by Crippen LogP contribution is -2.56. The Labute approximate surface area is 136 Å². The van der Waals surface area contributed by atoms with Gasteiger partial charge in [-0.25, -0.2) is 5.32 Å². The van der Waals surface area contributed by atoms with Crippen LogP contribution in [-0.4, -0.2) is 41.5 Å². The van der Waals surface area contributed by atoms with Crippen LogP contribution >= 0.6 is 0 Å². The molecule has 4 rings (SSSR count). The van der Waals surface area contributed by atoms with Crippen molar-refractivity contribution < 1.29 is 9.59 Å². The molecular formula is C18H22N3O2. The van der Waals surface area contributed by atoms with Gasteiger partial charge in [0.2, 0.25) is 5.91 Å². The fourth-order valence-corrected chi connectivity index (χ4v) is 3.64. The van der Waals surface area contributed by atoms with Crippen LogP contribution < -0.4 is 10.6 Å². The lowest BCUT2D eigenvalue weighted by molar-refractivity contribution is -0.134. The zero-order valence-electron chi connectivity index (χ0n) is 13.2. The molecule has 1 spiro atoms. The van der Waals surface area contributed by atoms with E-state index in [1.54, 1.807) is 0 Å². The van der Waals surface area contributed by atoms with Gasteiger partial charge in [-0.05, 0) is 24.8 Å². The standard InChI is InChI=1S/C18H22N3O2/c22-16-15(12-13-4-2-1-3-5-13)19-18(20-16)8-10-21(11-9-18)17(23)14-6-7-14/h1-5,14-15,19H,6-12H2. The summed E-state index contributed by atoms with van der Waals surface area (Å²) in [6.07, 6.45) is 4.24. The topological polar surface area (TPSA) is 63.5 Å². The van der Waals surface area contributed by atoms with Gasteiger partial charge in [-0.2, -0.15) is 0 Å². The monoisotopic (exact) mass is 312 g/mol. The molecule has 3 aliphatic rings. The maximum Gasteiger partial charge on any atom is 0.260 e. The van der Waals surface area contributed by atoms with Crippen LogP contribution in [0, 0.1) is 5.92 Å². The Balaban J connectivity index is 1.37. The average molecular weight is 312 g/mol. The third-order valence-electron chi connectivity index (χ3n) is 5.18. The van der Waals surface area contributed by atoms with E-state index in [9.17, 15) is 9.59 Å². The van der Waals surface area contributed by atoms with Crippen LogP contribution in [0.1, 0.15) is 31.2 Å². The summed E-state index contributed by atoms with van der Waals surface area (Å²) in [5.74, 6) is 0.519. The Bertz CT molecular complexity index is 604. The third-order valence-corrected chi connectivity index (χ3v) is 5.18. The van der Waals surface area contributed by atoms with Gasteiger partial charge in [-0.1, -0.05) is 30.3 Å². The van der Waals surface area contributed by atoms with Crippen molar-refractivity contribution in [2.45, 2.75) is 43.8 Å². The Morgan fingerprint density at radius 3 is 2.57 bits per heavy atom. The summed E-state index contributed by atoms with van der Waals surface area (Å²) < 4.78 is 0. The summed E-state index contributed by atoms with van der Waals surface area (Å²) in [5, 5.41) is 7.88. The van der Waals surface area contributed by atoms with Crippen molar-refractivity contribution in [2.24, 2.45) is 5.92 Å². The molecule has 5 heteroatoms. The molecule has 1 atom stereocenters. The molecular weight excluding hydrogens is 290 g/mol. The highest BCUT2D eigenvalue weighted by Crippen LogP contribution is 2.34. The maximum absolute atomic E-state index is 12.3. The van der Waals surface area contributed by atoms with Gasteiger partial charge in [0.25, 0.3) is 5.91 Å². The maximum atomic E-state index is 12.3. The van der Waals surface area contributed by atoms with Crippen LogP contribution in [0.5, 0.6) is 0 Å². The van der Waals surface area contributed by atoms with Crippen molar-refractivity contribution in [1.29, 1.82) is 0 Å². The Kier molecular flexibility index (Phi) is 3.60. The molecule has 3 fully saturated rings. The molecule has 1 N–H and O–H groups in total. The zero-order valence-corrected chi connectivity index (χ0v) is 13.2. The SMILES string of the molecule is O=C1[N]C2(CCN(C(=O)C3CC3)CC2)NC1Cc1ccccc1. The van der Waals surface area contributed by atoms with Crippen LogP contribution in [0.25, 0.3) is 0 Å². The lowest BCUT2D eigenvalue weighted by Gasteiger charge is -2.38. The Morgan fingerprint density at radius 1 is 1.22 bits per heavy atom. The van der Waals surface area contributed by atoms with Crippen LogP contribution in [-0.2, 0) is 16.0 Å². The summed E-state index contributed by atoms with van der Waals surface area (Å²) in [7, 11) is 0. The first kappa shape index (κ1) is 14.7. The Morgan fingerprint density at radius 2 is 1.91 bits per heavy atom. The van der Waals surface area contributed by atoms with E-state index in [1.807, 2.05) is 35.2 Å². The van der Waals surface area contributed by atoms with E-state index in [0.29, 0.717) is 25.4 Å². The minimum absolute atomic E-state index is 0.0455. The number of carbonyl (C=O) groups is 2. The summed E-state index contributed by atoms with van der Waals surface area (Å²) in [5.41, 5.74) is 0.698. The number of rotatable bonds is 3. The number of piperidine rings is 1. The highest BCUT2D eigenvalue weighted by molar-refractivity contribution is 5.85. The summed E-state index contributed by atoms with van der Waals surface area (Å²) in [6.45, 7) is 1.41. The summed E-state index contributed by atoms with van der Waals surface area (Å²) >= 11 is 0. The zero-order chi connectivity index (χ0) is 15.9. The predicted octanol–water partition coefficient (Wildman–Crippen LogP) is 1.06. The molecule has 1 saturated carbocycles. The number of nitrogens with one attached hydrogen (secondary N) is 1. The predicted molar refractivity (Wildman–Crippen MR) is 85.5 cm³/mol. The molecule has 1 aromatic carbocycles. The number of amides is 2. The smallest absolute Gasteiger partial charge is 0.260 e. The van der Waals surface area contributed by atoms with Crippen LogP contribution in [0.3, 0.4) is 0 Å². The summed E-state index contributed by atoms with van der Waals surface area (Å²) in [6, 6.07) is 9.80. The van der Waals surface area contributed by atoms with Crippen LogP contribution in [0.15, 0.2) is 30.3 Å². The van der Waals surface area contributed by atoms with Gasteiger partial charge in [0.1, 0.15) is 5.66 Å². The fraction of sp³-hybridized carbons (Fsp3) is 0.556. The molecule has 1 radical (unpaired) electrons. The van der Waals surface area contributed by atoms with Gasteiger partial charge in [-0.3, -0.25) is 14.9 Å². The quantitative estimate of drug-likeness (QED) is 0.908. The molecule has 0 bridgehead atoms. The molecule has 2 amide bonds. The Hall–Kier alpha value is -1.88. The van der Waals surface area contributed by atoms with Crippen LogP contribution in [0.4, 0.5) is 0 Å². The second-order valence-electron chi connectivity index (χ2n) is 6.97. The van der Waals surface area contributed by atoms with Gasteiger partial charge in [0.05, 0.1) is 6.04 Å². The van der Waals surface area contributed by atoms with E-state index in [0.717, 1.165) is 31.2 Å². The van der Waals surface area contributed by atoms with E-state index >= 15 is 0 Å². The minimum Gasteiger partial charge on any atom is -0.342 e. The second-order valence-corrected chi connectivity index (χ2v) is 6.97. The average Bonchev–Trinajstić information content (AvgIpc) is 3.36. The number of hydrogen-bond donors (Lipinski definition) is 1. The van der Waals surface area contributed by atoms with Gasteiger partial charge in [0, 0.05) is 31.8 Å². The first-order chi connectivity index (χ1) is 11.2. The second kappa shape index (κ2) is 5.64. The van der Waals surface area contributed by atoms with Crippen molar-refractivity contribution in [3.05, 3.63) is 35.9 Å². The van der Waals surface area contributed by atoms with Crippen molar-refractivity contribution in [1.82, 2.24) is 15.5 Å². The van der Waals surface area contributed by atoms with Crippen molar-refractivity contribution >= 4 is 11.8 Å². The molecule has 2 saturated heterocycles. The molecule has 121 valence electrons. The molecule has 0 aromatic heterocycles. The number of hydrogen-bond acceptors (Lipinski definition) is 3. The number of benzene rings is 1. The fourth-order valence-electron chi connectivity index (χ4n) is 3.64. The molecule has 1 aliphatic carbocycles. The lowest BCUT2D eigenvalue weighted by atomic mass is 9.97. The first-order valence-electron chi connectivity index (χ1n) is 8.52. The van der Waals surface area contributed by atoms with Crippen molar-refractivity contribution in [2.75, 3.05) is 13.1 Å². The molecule has 2 aliphatic heterocycles. The summed E-state index contributed by atoms with van der Waals surface area (Å²) in [4.78, 5) is 26.4. The number of carbonyl (C=O) groups excluding carboxylic acids is 2. The third kappa shape index (κ3) is 2.98. The largest absolute Gasteiger partial charge is 0.342 e. The first-order valence-corrected chi connectivity index (χ1v) is 8.52. The van der Waals surface area contributed by atoms with E-state index in [1.165, 1.54) is 0 Å². The van der Waals surface area contributed by atoms with E-state index < -0.39 is 5.66 Å². The van der Waals surface area contributed by atoms with Gasteiger partial charge < -0.3 is 4.90 Å². The van der Waals surface area contributed by atoms with E-state index in [2.05, 4.69) is 10.6 Å². The van der Waals surface area contributed by atoms with Gasteiger partial charge in [-0.15, -0.1) is 0 Å². The van der Waals surface area contributed by atoms with Crippen molar-refractivity contribution in [3.8, 4) is 0 Å². The molecule has 1 unspecified atom stereocenters. The van der Waals surface area contributed by atoms with Crippen molar-refractivity contribution in [3.63, 3.8) is 0 Å². The van der Waals surface area contributed by atoms with Gasteiger partial charge in [0.15, 0.2) is 0 Å². The molecule has 1 aromatic rings. The number of nitrogens with zero attached hydrogens (tertiary/aromatic N) is 2. The van der Waals surface area contributed by atoms with Gasteiger partial charge >= 0.3 is 0 Å². The highest BCUT2D eigenvalue weighted by atomic mass is 16.2. The highest BCUT2D eigenvalue weighted by Gasteiger charge is 2.48. The van der Waals surface area contributed by atoms with E-state index in [4.69, 9.17) is 0 Å². The molecule has 2 heterocycles.